The number of rotatable bonds is 7. The van der Waals surface area contributed by atoms with E-state index in [1.165, 1.54) is 18.2 Å². The zero-order chi connectivity index (χ0) is 25.9. The van der Waals surface area contributed by atoms with E-state index in [-0.39, 0.29) is 29.8 Å². The van der Waals surface area contributed by atoms with Crippen molar-refractivity contribution in [1.82, 2.24) is 5.32 Å². The maximum atomic E-state index is 12.6. The smallest absolute Gasteiger partial charge is 0.416 e. The summed E-state index contributed by atoms with van der Waals surface area (Å²) >= 11 is 6.31. The molecule has 3 aromatic rings. The molecule has 1 heterocycles. The Morgan fingerprint density at radius 2 is 1.78 bits per heavy atom. The fourth-order valence-corrected chi connectivity index (χ4v) is 4.02. The number of carboxylic acid groups (broad SMARTS) is 1. The molecule has 0 bridgehead atoms. The monoisotopic (exact) mass is 519 g/mol. The first-order valence-corrected chi connectivity index (χ1v) is 11.4. The SMILES string of the molecule is O=C(NCCc1ccc(C(F)(F)F)cc1)c1ccc(Oc2cc3c(cc2Cl)C(C(=O)O)CCO3)cc1. The highest BCUT2D eigenvalue weighted by atomic mass is 35.5. The van der Waals surface area contributed by atoms with E-state index in [9.17, 15) is 27.9 Å². The van der Waals surface area contributed by atoms with E-state index < -0.39 is 23.6 Å². The average molecular weight is 520 g/mol. The second-order valence-electron chi connectivity index (χ2n) is 8.18. The molecule has 0 radical (unpaired) electrons. The van der Waals surface area contributed by atoms with Gasteiger partial charge in [0.2, 0.25) is 0 Å². The van der Waals surface area contributed by atoms with Crippen LogP contribution in [0.5, 0.6) is 17.2 Å². The van der Waals surface area contributed by atoms with Crippen LogP contribution in [0.3, 0.4) is 0 Å². The molecule has 0 spiro atoms. The highest BCUT2D eigenvalue weighted by Crippen LogP contribution is 2.41. The summed E-state index contributed by atoms with van der Waals surface area (Å²) in [6.45, 7) is 0.526. The summed E-state index contributed by atoms with van der Waals surface area (Å²) in [5.74, 6) is -0.890. The predicted octanol–water partition coefficient (Wildman–Crippen LogP) is 6.07. The van der Waals surface area contributed by atoms with Gasteiger partial charge >= 0.3 is 12.1 Å². The molecule has 4 rings (SSSR count). The van der Waals surface area contributed by atoms with Gasteiger partial charge in [0.25, 0.3) is 5.91 Å². The van der Waals surface area contributed by atoms with Crippen molar-refractivity contribution in [3.63, 3.8) is 0 Å². The number of hydrogen-bond acceptors (Lipinski definition) is 4. The highest BCUT2D eigenvalue weighted by Gasteiger charge is 2.30. The minimum Gasteiger partial charge on any atom is -0.493 e. The van der Waals surface area contributed by atoms with Gasteiger partial charge in [-0.1, -0.05) is 23.7 Å². The summed E-state index contributed by atoms with van der Waals surface area (Å²) in [7, 11) is 0. The van der Waals surface area contributed by atoms with Crippen molar-refractivity contribution < 1.29 is 37.3 Å². The fraction of sp³-hybridized carbons (Fsp3) is 0.231. The number of halogens is 4. The molecule has 10 heteroatoms. The third-order valence-electron chi connectivity index (χ3n) is 5.73. The second kappa shape index (κ2) is 10.5. The summed E-state index contributed by atoms with van der Waals surface area (Å²) in [6, 6.07) is 14.2. The first-order valence-electron chi connectivity index (χ1n) is 11.0. The molecule has 0 aromatic heterocycles. The molecule has 2 N–H and O–H groups in total. The van der Waals surface area contributed by atoms with Crippen molar-refractivity contribution in [3.8, 4) is 17.2 Å². The number of ether oxygens (including phenoxy) is 2. The summed E-state index contributed by atoms with van der Waals surface area (Å²) in [6.07, 6.45) is -3.65. The number of carbonyl (C=O) groups is 2. The summed E-state index contributed by atoms with van der Waals surface area (Å²) in [5, 5.41) is 12.4. The molecule has 1 unspecified atom stereocenters. The van der Waals surface area contributed by atoms with Gasteiger partial charge in [0, 0.05) is 23.7 Å². The van der Waals surface area contributed by atoms with Gasteiger partial charge in [-0.25, -0.2) is 0 Å². The Bertz CT molecular complexity index is 1260. The van der Waals surface area contributed by atoms with E-state index >= 15 is 0 Å². The standard InChI is InChI=1S/C26H21ClF3NO5/c27-21-13-20-19(25(33)34)10-12-35-22(20)14-23(21)36-18-7-3-16(4-8-18)24(32)31-11-9-15-1-5-17(6-2-15)26(28,29)30/h1-8,13-14,19H,9-12H2,(H,31,32)(H,33,34). The maximum absolute atomic E-state index is 12.6. The van der Waals surface area contributed by atoms with E-state index in [4.69, 9.17) is 21.1 Å². The van der Waals surface area contributed by atoms with Crippen LogP contribution in [0.1, 0.15) is 39.4 Å². The maximum Gasteiger partial charge on any atom is 0.416 e. The average Bonchev–Trinajstić information content (AvgIpc) is 2.84. The van der Waals surface area contributed by atoms with Crippen LogP contribution in [-0.2, 0) is 17.4 Å². The molecule has 0 saturated carbocycles. The zero-order valence-electron chi connectivity index (χ0n) is 18.8. The number of amides is 1. The molecule has 1 atom stereocenters. The molecule has 0 fully saturated rings. The molecular weight excluding hydrogens is 499 g/mol. The minimum atomic E-state index is -4.38. The molecule has 36 heavy (non-hydrogen) atoms. The van der Waals surface area contributed by atoms with E-state index in [0.29, 0.717) is 41.0 Å². The largest absolute Gasteiger partial charge is 0.493 e. The van der Waals surface area contributed by atoms with Crippen molar-refractivity contribution in [1.29, 1.82) is 0 Å². The molecule has 1 amide bonds. The van der Waals surface area contributed by atoms with Gasteiger partial charge < -0.3 is 19.9 Å². The number of carboxylic acids is 1. The molecule has 0 aliphatic carbocycles. The predicted molar refractivity (Wildman–Crippen MR) is 126 cm³/mol. The number of hydrogen-bond donors (Lipinski definition) is 2. The third-order valence-corrected chi connectivity index (χ3v) is 6.02. The van der Waals surface area contributed by atoms with Gasteiger partial charge in [-0.2, -0.15) is 13.2 Å². The van der Waals surface area contributed by atoms with Crippen LogP contribution in [0.2, 0.25) is 5.02 Å². The number of fused-ring (bicyclic) bond motifs is 1. The first kappa shape index (κ1) is 25.4. The van der Waals surface area contributed by atoms with Crippen LogP contribution in [0.15, 0.2) is 60.7 Å². The van der Waals surface area contributed by atoms with Crippen LogP contribution in [0, 0.1) is 0 Å². The first-order chi connectivity index (χ1) is 17.1. The zero-order valence-corrected chi connectivity index (χ0v) is 19.5. The van der Waals surface area contributed by atoms with Crippen LogP contribution in [0.25, 0.3) is 0 Å². The van der Waals surface area contributed by atoms with Gasteiger partial charge in [0.1, 0.15) is 17.2 Å². The lowest BCUT2D eigenvalue weighted by molar-refractivity contribution is -0.139. The molecule has 3 aromatic carbocycles. The summed E-state index contributed by atoms with van der Waals surface area (Å²) in [4.78, 5) is 23.9. The van der Waals surface area contributed by atoms with Crippen LogP contribution >= 0.6 is 11.6 Å². The Morgan fingerprint density at radius 1 is 1.08 bits per heavy atom. The normalized spacial score (nSPS) is 14.9. The topological polar surface area (TPSA) is 84.9 Å². The van der Waals surface area contributed by atoms with E-state index in [2.05, 4.69) is 5.32 Å². The van der Waals surface area contributed by atoms with Crippen molar-refractivity contribution in [2.45, 2.75) is 24.9 Å². The fourth-order valence-electron chi connectivity index (χ4n) is 3.81. The van der Waals surface area contributed by atoms with E-state index in [1.54, 1.807) is 30.3 Å². The quantitative estimate of drug-likeness (QED) is 0.395. The lowest BCUT2D eigenvalue weighted by Crippen LogP contribution is -2.25. The number of benzene rings is 3. The molecule has 188 valence electrons. The van der Waals surface area contributed by atoms with Crippen LogP contribution < -0.4 is 14.8 Å². The van der Waals surface area contributed by atoms with Crippen molar-refractivity contribution >= 4 is 23.5 Å². The van der Waals surface area contributed by atoms with E-state index in [1.807, 2.05) is 0 Å². The van der Waals surface area contributed by atoms with Crippen molar-refractivity contribution in [2.75, 3.05) is 13.2 Å². The number of carbonyl (C=O) groups excluding carboxylic acids is 1. The van der Waals surface area contributed by atoms with Gasteiger partial charge in [0.15, 0.2) is 0 Å². The van der Waals surface area contributed by atoms with Crippen LogP contribution in [0.4, 0.5) is 13.2 Å². The Morgan fingerprint density at radius 3 is 2.42 bits per heavy atom. The van der Waals surface area contributed by atoms with Gasteiger partial charge in [-0.05, 0) is 60.9 Å². The molecule has 1 aliphatic heterocycles. The molecule has 1 aliphatic rings. The number of alkyl halides is 3. The van der Waals surface area contributed by atoms with Crippen molar-refractivity contribution in [2.24, 2.45) is 0 Å². The number of nitrogens with one attached hydrogen (secondary N) is 1. The lowest BCUT2D eigenvalue weighted by Gasteiger charge is -2.24. The summed E-state index contributed by atoms with van der Waals surface area (Å²) in [5.41, 5.74) is 0.826. The third kappa shape index (κ3) is 5.91. The number of aliphatic carboxylic acids is 1. The Kier molecular flexibility index (Phi) is 7.40. The van der Waals surface area contributed by atoms with Gasteiger partial charge in [0.05, 0.1) is 23.1 Å². The molecule has 6 nitrogen and oxygen atoms in total. The Hall–Kier alpha value is -3.72. The Balaban J connectivity index is 1.34. The van der Waals surface area contributed by atoms with Crippen LogP contribution in [-0.4, -0.2) is 30.1 Å². The van der Waals surface area contributed by atoms with Crippen molar-refractivity contribution in [3.05, 3.63) is 87.9 Å². The molecular formula is C26H21ClF3NO5. The minimum absolute atomic E-state index is 0.232. The molecule has 0 saturated heterocycles. The lowest BCUT2D eigenvalue weighted by atomic mass is 9.93. The van der Waals surface area contributed by atoms with E-state index in [0.717, 1.165) is 12.1 Å². The van der Waals surface area contributed by atoms with Gasteiger partial charge in [-0.3, -0.25) is 9.59 Å². The summed E-state index contributed by atoms with van der Waals surface area (Å²) < 4.78 is 49.3. The Labute approximate surface area is 209 Å². The van der Waals surface area contributed by atoms with Gasteiger partial charge in [-0.15, -0.1) is 0 Å². The highest BCUT2D eigenvalue weighted by molar-refractivity contribution is 6.32. The second-order valence-corrected chi connectivity index (χ2v) is 8.58.